The van der Waals surface area contributed by atoms with Crippen LogP contribution in [0.3, 0.4) is 0 Å². The van der Waals surface area contributed by atoms with E-state index in [1.54, 1.807) is 0 Å². The maximum Gasteiger partial charge on any atom is 0.0753 e. The monoisotopic (exact) mass is 252 g/mol. The molecule has 96 valence electrons. The van der Waals surface area contributed by atoms with E-state index in [4.69, 9.17) is 0 Å². The molecule has 0 spiro atoms. The van der Waals surface area contributed by atoms with Crippen LogP contribution < -0.4 is 5.32 Å². The van der Waals surface area contributed by atoms with E-state index in [1.165, 1.54) is 5.56 Å². The fourth-order valence-corrected chi connectivity index (χ4v) is 2.45. The van der Waals surface area contributed by atoms with Crippen molar-refractivity contribution in [2.75, 3.05) is 7.05 Å². The Kier molecular flexibility index (Phi) is 3.01. The van der Waals surface area contributed by atoms with Crippen LogP contribution in [-0.4, -0.2) is 21.8 Å². The Morgan fingerprint density at radius 1 is 1.21 bits per heavy atom. The predicted octanol–water partition coefficient (Wildman–Crippen LogP) is 2.28. The van der Waals surface area contributed by atoms with Gasteiger partial charge < -0.3 is 5.32 Å². The molecule has 4 heteroatoms. The first kappa shape index (κ1) is 11.9. The topological polar surface area (TPSA) is 42.7 Å². The van der Waals surface area contributed by atoms with E-state index in [1.807, 2.05) is 43.4 Å². The largest absolute Gasteiger partial charge is 0.309 e. The van der Waals surface area contributed by atoms with E-state index in [0.717, 1.165) is 16.5 Å². The molecular formula is C15H16N4. The molecule has 0 saturated carbocycles. The van der Waals surface area contributed by atoms with Gasteiger partial charge >= 0.3 is 0 Å². The van der Waals surface area contributed by atoms with Crippen LogP contribution >= 0.6 is 0 Å². The van der Waals surface area contributed by atoms with Gasteiger partial charge in [-0.2, -0.15) is 5.10 Å². The van der Waals surface area contributed by atoms with Gasteiger partial charge in [-0.1, -0.05) is 24.3 Å². The molecular weight excluding hydrogens is 236 g/mol. The number of pyridine rings is 1. The third-order valence-electron chi connectivity index (χ3n) is 3.32. The lowest BCUT2D eigenvalue weighted by Gasteiger charge is -2.16. The van der Waals surface area contributed by atoms with Gasteiger partial charge in [-0.15, -0.1) is 0 Å². The first-order valence-electron chi connectivity index (χ1n) is 6.29. The zero-order chi connectivity index (χ0) is 13.2. The van der Waals surface area contributed by atoms with Gasteiger partial charge in [0.15, 0.2) is 0 Å². The normalized spacial score (nSPS) is 12.7. The minimum Gasteiger partial charge on any atom is -0.309 e. The Morgan fingerprint density at radius 3 is 2.79 bits per heavy atom. The quantitative estimate of drug-likeness (QED) is 0.777. The zero-order valence-corrected chi connectivity index (χ0v) is 11.0. The summed E-state index contributed by atoms with van der Waals surface area (Å²) in [5, 5.41) is 8.75. The third-order valence-corrected chi connectivity index (χ3v) is 3.32. The molecule has 0 radical (unpaired) electrons. The van der Waals surface area contributed by atoms with Crippen LogP contribution in [0, 0.1) is 0 Å². The molecule has 0 aliphatic heterocycles. The van der Waals surface area contributed by atoms with Crippen LogP contribution in [0.25, 0.3) is 10.9 Å². The van der Waals surface area contributed by atoms with Gasteiger partial charge in [0, 0.05) is 30.4 Å². The van der Waals surface area contributed by atoms with Gasteiger partial charge in [-0.3, -0.25) is 9.67 Å². The van der Waals surface area contributed by atoms with Crippen LogP contribution in [-0.2, 0) is 7.05 Å². The maximum absolute atomic E-state index is 4.52. The van der Waals surface area contributed by atoms with Crippen molar-refractivity contribution in [1.82, 2.24) is 20.1 Å². The van der Waals surface area contributed by atoms with E-state index in [9.17, 15) is 0 Å². The molecule has 19 heavy (non-hydrogen) atoms. The van der Waals surface area contributed by atoms with Crippen molar-refractivity contribution in [3.8, 4) is 0 Å². The molecule has 1 N–H and O–H groups in total. The van der Waals surface area contributed by atoms with Crippen molar-refractivity contribution in [2.24, 2.45) is 7.05 Å². The summed E-state index contributed by atoms with van der Waals surface area (Å²) in [7, 11) is 3.89. The SMILES string of the molecule is CNC(c1cnn(C)c1)c1cccc2cccnc12. The Balaban J connectivity index is 2.16. The molecule has 1 aromatic carbocycles. The maximum atomic E-state index is 4.52. The Labute approximate surface area is 112 Å². The van der Waals surface area contributed by atoms with Crippen molar-refractivity contribution in [1.29, 1.82) is 0 Å². The van der Waals surface area contributed by atoms with Crippen LogP contribution in [0.1, 0.15) is 17.2 Å². The molecule has 2 aromatic heterocycles. The number of benzene rings is 1. The first-order valence-corrected chi connectivity index (χ1v) is 6.29. The lowest BCUT2D eigenvalue weighted by Crippen LogP contribution is -2.17. The number of aryl methyl sites for hydroxylation is 1. The van der Waals surface area contributed by atoms with Crippen molar-refractivity contribution in [2.45, 2.75) is 6.04 Å². The molecule has 0 saturated heterocycles. The molecule has 1 unspecified atom stereocenters. The second kappa shape index (κ2) is 4.82. The fourth-order valence-electron chi connectivity index (χ4n) is 2.45. The number of nitrogens with zero attached hydrogens (tertiary/aromatic N) is 3. The molecule has 0 aliphatic carbocycles. The number of nitrogens with one attached hydrogen (secondary N) is 1. The average Bonchev–Trinajstić information content (AvgIpc) is 2.86. The zero-order valence-electron chi connectivity index (χ0n) is 11.0. The molecule has 0 fully saturated rings. The highest BCUT2D eigenvalue weighted by Gasteiger charge is 2.16. The van der Waals surface area contributed by atoms with Gasteiger partial charge in [0.2, 0.25) is 0 Å². The van der Waals surface area contributed by atoms with Crippen LogP contribution in [0.15, 0.2) is 48.9 Å². The number of para-hydroxylation sites is 1. The Hall–Kier alpha value is -2.20. The fraction of sp³-hybridized carbons (Fsp3) is 0.200. The highest BCUT2D eigenvalue weighted by molar-refractivity contribution is 5.82. The molecule has 0 amide bonds. The van der Waals surface area contributed by atoms with Crippen LogP contribution in [0.2, 0.25) is 0 Å². The summed E-state index contributed by atoms with van der Waals surface area (Å²) in [4.78, 5) is 4.52. The summed E-state index contributed by atoms with van der Waals surface area (Å²) in [6.07, 6.45) is 5.76. The van der Waals surface area contributed by atoms with E-state index in [-0.39, 0.29) is 6.04 Å². The van der Waals surface area contributed by atoms with E-state index >= 15 is 0 Å². The third kappa shape index (κ3) is 2.11. The van der Waals surface area contributed by atoms with Gasteiger partial charge in [-0.25, -0.2) is 0 Å². The van der Waals surface area contributed by atoms with Crippen LogP contribution in [0.4, 0.5) is 0 Å². The number of aromatic nitrogens is 3. The second-order valence-corrected chi connectivity index (χ2v) is 4.59. The number of hydrogen-bond acceptors (Lipinski definition) is 3. The minimum atomic E-state index is 0.104. The first-order chi connectivity index (χ1) is 9.29. The van der Waals surface area contributed by atoms with E-state index < -0.39 is 0 Å². The van der Waals surface area contributed by atoms with Gasteiger partial charge in [0.1, 0.15) is 0 Å². The number of fused-ring (bicyclic) bond motifs is 1. The molecule has 2 heterocycles. The van der Waals surface area contributed by atoms with Crippen molar-refractivity contribution in [3.63, 3.8) is 0 Å². The van der Waals surface area contributed by atoms with Crippen molar-refractivity contribution >= 4 is 10.9 Å². The van der Waals surface area contributed by atoms with E-state index in [0.29, 0.717) is 0 Å². The summed E-state index contributed by atoms with van der Waals surface area (Å²) in [5.74, 6) is 0. The summed E-state index contributed by atoms with van der Waals surface area (Å²) < 4.78 is 1.82. The Morgan fingerprint density at radius 2 is 2.05 bits per heavy atom. The molecule has 3 aromatic rings. The number of hydrogen-bond donors (Lipinski definition) is 1. The summed E-state index contributed by atoms with van der Waals surface area (Å²) in [6, 6.07) is 10.4. The molecule has 0 bridgehead atoms. The second-order valence-electron chi connectivity index (χ2n) is 4.59. The Bertz CT molecular complexity index is 697. The molecule has 4 nitrogen and oxygen atoms in total. The molecule has 3 rings (SSSR count). The van der Waals surface area contributed by atoms with Gasteiger partial charge in [0.25, 0.3) is 0 Å². The lowest BCUT2D eigenvalue weighted by atomic mass is 9.99. The summed E-state index contributed by atoms with van der Waals surface area (Å²) in [5.41, 5.74) is 3.35. The smallest absolute Gasteiger partial charge is 0.0753 e. The minimum absolute atomic E-state index is 0.104. The van der Waals surface area contributed by atoms with Gasteiger partial charge in [-0.05, 0) is 18.7 Å². The van der Waals surface area contributed by atoms with Gasteiger partial charge in [0.05, 0.1) is 17.8 Å². The van der Waals surface area contributed by atoms with E-state index in [2.05, 4.69) is 39.7 Å². The highest BCUT2D eigenvalue weighted by atomic mass is 15.2. The lowest BCUT2D eigenvalue weighted by molar-refractivity contribution is 0.693. The summed E-state index contributed by atoms with van der Waals surface area (Å²) in [6.45, 7) is 0. The summed E-state index contributed by atoms with van der Waals surface area (Å²) >= 11 is 0. The highest BCUT2D eigenvalue weighted by Crippen LogP contribution is 2.26. The van der Waals surface area contributed by atoms with Crippen molar-refractivity contribution in [3.05, 3.63) is 60.0 Å². The predicted molar refractivity (Wildman–Crippen MR) is 75.9 cm³/mol. The average molecular weight is 252 g/mol. The van der Waals surface area contributed by atoms with Crippen LogP contribution in [0.5, 0.6) is 0 Å². The molecule has 1 atom stereocenters. The van der Waals surface area contributed by atoms with Crippen molar-refractivity contribution < 1.29 is 0 Å². The standard InChI is InChI=1S/C15H16N4/c1-16-14(12-9-18-19(2)10-12)13-7-3-5-11-6-4-8-17-15(11)13/h3-10,14,16H,1-2H3. The molecule has 0 aliphatic rings. The number of rotatable bonds is 3.